The number of nitrogens with one attached hydrogen (secondary N) is 1. The van der Waals surface area contributed by atoms with E-state index < -0.39 is 5.97 Å². The van der Waals surface area contributed by atoms with Gasteiger partial charge in [-0.25, -0.2) is 9.78 Å². The standard InChI is InChI=1S/C13H19N3O4S/c17-11(4-7-16-6-1-2-8-20-16)14-5-3-12-15-10(9-21-12)13(18)19/h9H,1-8H2,(H,14,17)(H,18,19). The quantitative estimate of drug-likeness (QED) is 0.777. The predicted octanol–water partition coefficient (Wildman–Crippen LogP) is 0.917. The van der Waals surface area contributed by atoms with Crippen LogP contribution in [0.2, 0.25) is 0 Å². The third-order valence-electron chi connectivity index (χ3n) is 3.10. The molecule has 0 spiro atoms. The van der Waals surface area contributed by atoms with Crippen molar-refractivity contribution in [1.29, 1.82) is 0 Å². The van der Waals surface area contributed by atoms with Crippen LogP contribution in [0.15, 0.2) is 5.38 Å². The van der Waals surface area contributed by atoms with Crippen LogP contribution in [0.5, 0.6) is 0 Å². The molecule has 0 bridgehead atoms. The first-order valence-corrected chi connectivity index (χ1v) is 7.85. The molecule has 0 radical (unpaired) electrons. The minimum Gasteiger partial charge on any atom is -0.476 e. The number of thiazole rings is 1. The topological polar surface area (TPSA) is 91.8 Å². The van der Waals surface area contributed by atoms with Crippen LogP contribution in [-0.2, 0) is 16.1 Å². The highest BCUT2D eigenvalue weighted by Crippen LogP contribution is 2.10. The highest BCUT2D eigenvalue weighted by Gasteiger charge is 2.12. The zero-order valence-corrected chi connectivity index (χ0v) is 12.5. The van der Waals surface area contributed by atoms with Crippen LogP contribution in [0.3, 0.4) is 0 Å². The lowest BCUT2D eigenvalue weighted by Crippen LogP contribution is -2.34. The summed E-state index contributed by atoms with van der Waals surface area (Å²) in [4.78, 5) is 31.8. The second-order valence-electron chi connectivity index (χ2n) is 4.75. The Morgan fingerprint density at radius 3 is 3.00 bits per heavy atom. The zero-order valence-electron chi connectivity index (χ0n) is 11.7. The van der Waals surface area contributed by atoms with E-state index in [9.17, 15) is 9.59 Å². The van der Waals surface area contributed by atoms with Crippen LogP contribution in [-0.4, -0.2) is 53.3 Å². The van der Waals surface area contributed by atoms with Gasteiger partial charge in [-0.3, -0.25) is 9.63 Å². The zero-order chi connectivity index (χ0) is 15.1. The van der Waals surface area contributed by atoms with Gasteiger partial charge in [-0.1, -0.05) is 0 Å². The number of hydrogen-bond donors (Lipinski definition) is 2. The van der Waals surface area contributed by atoms with E-state index in [4.69, 9.17) is 9.94 Å². The molecule has 0 saturated carbocycles. The van der Waals surface area contributed by atoms with Crippen molar-refractivity contribution in [2.75, 3.05) is 26.2 Å². The van der Waals surface area contributed by atoms with Crippen molar-refractivity contribution in [3.05, 3.63) is 16.1 Å². The van der Waals surface area contributed by atoms with Gasteiger partial charge in [0.2, 0.25) is 5.91 Å². The fraction of sp³-hybridized carbons (Fsp3) is 0.615. The number of carboxylic acid groups (broad SMARTS) is 1. The lowest BCUT2D eigenvalue weighted by atomic mass is 10.3. The van der Waals surface area contributed by atoms with E-state index in [1.165, 1.54) is 16.7 Å². The molecule has 0 aliphatic carbocycles. The van der Waals surface area contributed by atoms with E-state index in [0.717, 1.165) is 26.0 Å². The smallest absolute Gasteiger partial charge is 0.355 e. The fourth-order valence-corrected chi connectivity index (χ4v) is 2.74. The number of aromatic carboxylic acids is 1. The summed E-state index contributed by atoms with van der Waals surface area (Å²) >= 11 is 1.29. The molecule has 116 valence electrons. The summed E-state index contributed by atoms with van der Waals surface area (Å²) in [6.07, 6.45) is 3.13. The lowest BCUT2D eigenvalue weighted by Gasteiger charge is -2.25. The average Bonchev–Trinajstić information content (AvgIpc) is 2.95. The summed E-state index contributed by atoms with van der Waals surface area (Å²) in [5.41, 5.74) is 0.0589. The van der Waals surface area contributed by atoms with Crippen molar-refractivity contribution in [3.8, 4) is 0 Å². The summed E-state index contributed by atoms with van der Waals surface area (Å²) in [6.45, 7) is 2.68. The molecule has 2 N–H and O–H groups in total. The number of carbonyl (C=O) groups excluding carboxylic acids is 1. The number of carbonyl (C=O) groups is 2. The molecule has 2 rings (SSSR count). The van der Waals surface area contributed by atoms with Gasteiger partial charge >= 0.3 is 5.97 Å². The molecule has 1 saturated heterocycles. The molecule has 21 heavy (non-hydrogen) atoms. The van der Waals surface area contributed by atoms with Crippen molar-refractivity contribution in [2.45, 2.75) is 25.7 Å². The average molecular weight is 313 g/mol. The first-order valence-electron chi connectivity index (χ1n) is 6.97. The Bertz CT molecular complexity index is 486. The molecule has 7 nitrogen and oxygen atoms in total. The molecule has 2 heterocycles. The van der Waals surface area contributed by atoms with Crippen LogP contribution in [0.1, 0.15) is 34.8 Å². The van der Waals surface area contributed by atoms with Gasteiger partial charge in [-0.15, -0.1) is 11.3 Å². The number of hydroxylamine groups is 2. The predicted molar refractivity (Wildman–Crippen MR) is 77.2 cm³/mol. The molecular weight excluding hydrogens is 294 g/mol. The highest BCUT2D eigenvalue weighted by molar-refractivity contribution is 7.09. The SMILES string of the molecule is O=C(CCN1CCCCO1)NCCc1nc(C(=O)O)cs1. The number of hydrogen-bond acceptors (Lipinski definition) is 6. The highest BCUT2D eigenvalue weighted by atomic mass is 32.1. The third-order valence-corrected chi connectivity index (χ3v) is 4.00. The molecule has 1 aromatic rings. The Labute approximate surface area is 126 Å². The van der Waals surface area contributed by atoms with E-state index in [0.29, 0.717) is 30.9 Å². The number of nitrogens with zero attached hydrogens (tertiary/aromatic N) is 2. The van der Waals surface area contributed by atoms with Gasteiger partial charge in [-0.05, 0) is 12.8 Å². The maximum absolute atomic E-state index is 11.7. The van der Waals surface area contributed by atoms with Crippen LogP contribution in [0.25, 0.3) is 0 Å². The van der Waals surface area contributed by atoms with Crippen LogP contribution < -0.4 is 5.32 Å². The van der Waals surface area contributed by atoms with Gasteiger partial charge in [0, 0.05) is 37.9 Å². The first-order chi connectivity index (χ1) is 10.1. The molecule has 0 aromatic carbocycles. The van der Waals surface area contributed by atoms with Gasteiger partial charge in [-0.2, -0.15) is 5.06 Å². The van der Waals surface area contributed by atoms with Gasteiger partial charge < -0.3 is 10.4 Å². The van der Waals surface area contributed by atoms with Crippen molar-refractivity contribution >= 4 is 23.2 Å². The summed E-state index contributed by atoms with van der Waals surface area (Å²) in [5, 5.41) is 15.6. The van der Waals surface area contributed by atoms with E-state index in [1.807, 2.05) is 5.06 Å². The van der Waals surface area contributed by atoms with Crippen LogP contribution >= 0.6 is 11.3 Å². The number of aromatic nitrogens is 1. The molecule has 0 unspecified atom stereocenters. The second-order valence-corrected chi connectivity index (χ2v) is 5.69. The maximum Gasteiger partial charge on any atom is 0.355 e. The Morgan fingerprint density at radius 1 is 1.48 bits per heavy atom. The Balaban J connectivity index is 1.61. The third kappa shape index (κ3) is 5.41. The molecule has 1 fully saturated rings. The number of amides is 1. The minimum absolute atomic E-state index is 0.0285. The Morgan fingerprint density at radius 2 is 2.33 bits per heavy atom. The lowest BCUT2D eigenvalue weighted by molar-refractivity contribution is -0.181. The van der Waals surface area contributed by atoms with Gasteiger partial charge in [0.1, 0.15) is 0 Å². The molecule has 0 atom stereocenters. The van der Waals surface area contributed by atoms with Gasteiger partial charge in [0.25, 0.3) is 0 Å². The maximum atomic E-state index is 11.7. The summed E-state index contributed by atoms with van der Waals surface area (Å²) in [6, 6.07) is 0. The fourth-order valence-electron chi connectivity index (χ4n) is 1.97. The van der Waals surface area contributed by atoms with Crippen molar-refractivity contribution in [1.82, 2.24) is 15.4 Å². The number of carboxylic acids is 1. The summed E-state index contributed by atoms with van der Waals surface area (Å²) in [7, 11) is 0. The van der Waals surface area contributed by atoms with E-state index >= 15 is 0 Å². The van der Waals surface area contributed by atoms with Gasteiger partial charge in [0.15, 0.2) is 5.69 Å². The van der Waals surface area contributed by atoms with Crippen molar-refractivity contribution in [2.24, 2.45) is 0 Å². The van der Waals surface area contributed by atoms with E-state index in [-0.39, 0.29) is 11.6 Å². The Hall–Kier alpha value is -1.51. The Kier molecular flexibility index (Phi) is 6.09. The van der Waals surface area contributed by atoms with Crippen LogP contribution in [0.4, 0.5) is 0 Å². The molecule has 1 amide bonds. The molecular formula is C13H19N3O4S. The van der Waals surface area contributed by atoms with E-state index in [2.05, 4.69) is 10.3 Å². The van der Waals surface area contributed by atoms with Crippen molar-refractivity contribution in [3.63, 3.8) is 0 Å². The van der Waals surface area contributed by atoms with Crippen LogP contribution in [0, 0.1) is 0 Å². The second kappa shape index (κ2) is 8.06. The normalized spacial score (nSPS) is 15.8. The molecule has 1 aliphatic heterocycles. The first kappa shape index (κ1) is 15.9. The molecule has 8 heteroatoms. The molecule has 1 aliphatic rings. The summed E-state index contributed by atoms with van der Waals surface area (Å²) in [5.74, 6) is -1.05. The summed E-state index contributed by atoms with van der Waals surface area (Å²) < 4.78 is 0. The van der Waals surface area contributed by atoms with Gasteiger partial charge in [0.05, 0.1) is 11.6 Å². The largest absolute Gasteiger partial charge is 0.476 e. The minimum atomic E-state index is -1.02. The molecule has 1 aromatic heterocycles. The van der Waals surface area contributed by atoms with Crippen molar-refractivity contribution < 1.29 is 19.5 Å². The number of rotatable bonds is 7. The van der Waals surface area contributed by atoms with E-state index in [1.54, 1.807) is 0 Å². The monoisotopic (exact) mass is 313 g/mol.